The van der Waals surface area contributed by atoms with Crippen molar-refractivity contribution in [2.45, 2.75) is 77.9 Å². The van der Waals surface area contributed by atoms with E-state index in [1.54, 1.807) is 13.1 Å². The van der Waals surface area contributed by atoms with Crippen molar-refractivity contribution >= 4 is 11.8 Å². The molecule has 34 heavy (non-hydrogen) atoms. The van der Waals surface area contributed by atoms with E-state index in [0.29, 0.717) is 12.8 Å². The third-order valence-corrected chi connectivity index (χ3v) is 6.08. The van der Waals surface area contributed by atoms with E-state index in [1.807, 2.05) is 63.2 Å². The minimum atomic E-state index is -0.716. The van der Waals surface area contributed by atoms with Crippen LogP contribution in [-0.2, 0) is 27.8 Å². The number of nitrogens with one attached hydrogen (secondary N) is 1. The Kier molecular flexibility index (Phi) is 9.28. The molecule has 3 atom stereocenters. The van der Waals surface area contributed by atoms with Gasteiger partial charge in [-0.05, 0) is 53.9 Å². The van der Waals surface area contributed by atoms with E-state index >= 15 is 0 Å². The number of nitrogens with two attached hydrogens (primary N) is 1. The molecule has 0 spiro atoms. The number of hydrogen-bond acceptors (Lipinski definition) is 4. The van der Waals surface area contributed by atoms with Gasteiger partial charge in [-0.25, -0.2) is 0 Å². The second-order valence-corrected chi connectivity index (χ2v) is 10.6. The van der Waals surface area contributed by atoms with Crippen LogP contribution in [-0.4, -0.2) is 47.0 Å². The molecule has 0 saturated carbocycles. The Morgan fingerprint density at radius 1 is 1.00 bits per heavy atom. The summed E-state index contributed by atoms with van der Waals surface area (Å²) < 4.78 is 0. The lowest BCUT2D eigenvalue weighted by molar-refractivity contribution is -0.141. The van der Waals surface area contributed by atoms with Crippen molar-refractivity contribution in [1.29, 1.82) is 0 Å². The highest BCUT2D eigenvalue weighted by Gasteiger charge is 2.32. The molecule has 2 amide bonds. The summed E-state index contributed by atoms with van der Waals surface area (Å²) in [4.78, 5) is 27.7. The van der Waals surface area contributed by atoms with E-state index in [4.69, 9.17) is 5.73 Å². The highest BCUT2D eigenvalue weighted by atomic mass is 16.3. The fourth-order valence-corrected chi connectivity index (χ4v) is 4.32. The lowest BCUT2D eigenvalue weighted by Gasteiger charge is -2.33. The van der Waals surface area contributed by atoms with Crippen LogP contribution in [0.2, 0.25) is 0 Å². The minimum Gasteiger partial charge on any atom is -0.508 e. The molecule has 2 aromatic carbocycles. The van der Waals surface area contributed by atoms with Gasteiger partial charge in [0.25, 0.3) is 0 Å². The first-order valence-corrected chi connectivity index (χ1v) is 12.0. The standard InChI is InChI=1S/C28H41N3O3/c1-18(2)25(31(7)27(34)23(29)17-20-11-9-8-10-12-20)26(33)30-19(3)15-21-13-14-24(32)22(16-21)28(4,5)6/h8-14,16,18-19,23,25,32H,15,17,29H2,1-7H3,(H,30,33)/t19?,23-,25?/m0/s1. The molecular weight excluding hydrogens is 426 g/mol. The Morgan fingerprint density at radius 3 is 2.18 bits per heavy atom. The van der Waals surface area contributed by atoms with Gasteiger partial charge in [-0.15, -0.1) is 0 Å². The summed E-state index contributed by atoms with van der Waals surface area (Å²) in [5.74, 6) is -0.246. The highest BCUT2D eigenvalue weighted by Crippen LogP contribution is 2.31. The Bertz CT molecular complexity index is 967. The smallest absolute Gasteiger partial charge is 0.243 e. The minimum absolute atomic E-state index is 0.0776. The summed E-state index contributed by atoms with van der Waals surface area (Å²) in [5.41, 5.74) is 8.92. The molecule has 186 valence electrons. The van der Waals surface area contributed by atoms with Crippen LogP contribution >= 0.6 is 0 Å². The summed E-state index contributed by atoms with van der Waals surface area (Å²) >= 11 is 0. The lowest BCUT2D eigenvalue weighted by Crippen LogP contribution is -2.56. The molecule has 2 aromatic rings. The molecular formula is C28H41N3O3. The van der Waals surface area contributed by atoms with Crippen molar-refractivity contribution in [2.24, 2.45) is 11.7 Å². The molecule has 0 aliphatic carbocycles. The van der Waals surface area contributed by atoms with Gasteiger partial charge in [-0.1, -0.05) is 77.1 Å². The summed E-state index contributed by atoms with van der Waals surface area (Å²) in [6, 6.07) is 13.7. The van der Waals surface area contributed by atoms with Crippen molar-refractivity contribution in [2.75, 3.05) is 7.05 Å². The van der Waals surface area contributed by atoms with Gasteiger partial charge in [0.2, 0.25) is 11.8 Å². The number of hydrogen-bond donors (Lipinski definition) is 3. The molecule has 6 nitrogen and oxygen atoms in total. The Hall–Kier alpha value is -2.86. The number of phenolic OH excluding ortho intramolecular Hbond substituents is 1. The lowest BCUT2D eigenvalue weighted by atomic mass is 9.85. The van der Waals surface area contributed by atoms with Crippen LogP contribution in [0.25, 0.3) is 0 Å². The Morgan fingerprint density at radius 2 is 1.62 bits per heavy atom. The first-order chi connectivity index (χ1) is 15.8. The maximum Gasteiger partial charge on any atom is 0.243 e. The third kappa shape index (κ3) is 7.32. The summed E-state index contributed by atoms with van der Waals surface area (Å²) in [5, 5.41) is 13.3. The number of benzene rings is 2. The molecule has 0 radical (unpaired) electrons. The molecule has 0 saturated heterocycles. The second kappa shape index (κ2) is 11.5. The molecule has 0 aliphatic rings. The molecule has 0 fully saturated rings. The molecule has 4 N–H and O–H groups in total. The van der Waals surface area contributed by atoms with Gasteiger partial charge in [-0.3, -0.25) is 9.59 Å². The van der Waals surface area contributed by atoms with Crippen LogP contribution in [0, 0.1) is 5.92 Å². The van der Waals surface area contributed by atoms with E-state index in [9.17, 15) is 14.7 Å². The second-order valence-electron chi connectivity index (χ2n) is 10.6. The molecule has 0 aliphatic heterocycles. The molecule has 2 rings (SSSR count). The van der Waals surface area contributed by atoms with Crippen LogP contribution in [0.1, 0.15) is 58.2 Å². The van der Waals surface area contributed by atoms with Gasteiger partial charge < -0.3 is 21.1 Å². The fourth-order valence-electron chi connectivity index (χ4n) is 4.32. The fraction of sp³-hybridized carbons (Fsp3) is 0.500. The molecule has 0 bridgehead atoms. The first kappa shape index (κ1) is 27.4. The van der Waals surface area contributed by atoms with E-state index < -0.39 is 12.1 Å². The first-order valence-electron chi connectivity index (χ1n) is 12.0. The largest absolute Gasteiger partial charge is 0.508 e. The van der Waals surface area contributed by atoms with Gasteiger partial charge in [0.15, 0.2) is 0 Å². The van der Waals surface area contributed by atoms with Gasteiger partial charge in [0.1, 0.15) is 11.8 Å². The molecule has 0 heterocycles. The Balaban J connectivity index is 2.07. The van der Waals surface area contributed by atoms with Crippen LogP contribution in [0.4, 0.5) is 0 Å². The quantitative estimate of drug-likeness (QED) is 0.523. The monoisotopic (exact) mass is 467 g/mol. The van der Waals surface area contributed by atoms with Gasteiger partial charge >= 0.3 is 0 Å². The third-order valence-electron chi connectivity index (χ3n) is 6.08. The zero-order chi connectivity index (χ0) is 25.6. The average Bonchev–Trinajstić information content (AvgIpc) is 2.74. The number of carbonyl (C=O) groups excluding carboxylic acids is 2. The van der Waals surface area contributed by atoms with Crippen LogP contribution < -0.4 is 11.1 Å². The molecule has 2 unspecified atom stereocenters. The van der Waals surface area contributed by atoms with Gasteiger partial charge in [0, 0.05) is 13.1 Å². The van der Waals surface area contributed by atoms with Crippen molar-refractivity contribution < 1.29 is 14.7 Å². The predicted octanol–water partition coefficient (Wildman–Crippen LogP) is 3.79. The SMILES string of the molecule is CC(Cc1ccc(O)c(C(C)(C)C)c1)NC(=O)C(C(C)C)N(C)C(=O)[C@@H](N)Cc1ccccc1. The van der Waals surface area contributed by atoms with Crippen molar-refractivity contribution in [3.8, 4) is 5.75 Å². The number of phenols is 1. The molecule has 6 heteroatoms. The number of rotatable bonds is 9. The topological polar surface area (TPSA) is 95.7 Å². The zero-order valence-corrected chi connectivity index (χ0v) is 21.6. The summed E-state index contributed by atoms with van der Waals surface area (Å²) in [6.45, 7) is 12.0. The zero-order valence-electron chi connectivity index (χ0n) is 21.6. The van der Waals surface area contributed by atoms with Crippen LogP contribution in [0.3, 0.4) is 0 Å². The molecule has 0 aromatic heterocycles. The van der Waals surface area contributed by atoms with Crippen molar-refractivity contribution in [3.63, 3.8) is 0 Å². The Labute approximate surface area is 204 Å². The van der Waals surface area contributed by atoms with E-state index in [-0.39, 0.29) is 34.9 Å². The average molecular weight is 468 g/mol. The number of aromatic hydroxyl groups is 1. The normalized spacial score (nSPS) is 14.4. The van der Waals surface area contributed by atoms with E-state index in [1.165, 1.54) is 4.90 Å². The number of likely N-dealkylation sites (N-methyl/N-ethyl adjacent to an activating group) is 1. The summed E-state index contributed by atoms with van der Waals surface area (Å²) in [7, 11) is 1.65. The predicted molar refractivity (Wildman–Crippen MR) is 138 cm³/mol. The van der Waals surface area contributed by atoms with Crippen molar-refractivity contribution in [3.05, 3.63) is 65.2 Å². The number of carbonyl (C=O) groups is 2. The van der Waals surface area contributed by atoms with Gasteiger partial charge in [-0.2, -0.15) is 0 Å². The number of amides is 2. The van der Waals surface area contributed by atoms with Crippen molar-refractivity contribution in [1.82, 2.24) is 10.2 Å². The highest BCUT2D eigenvalue weighted by molar-refractivity contribution is 5.90. The maximum atomic E-state index is 13.2. The maximum absolute atomic E-state index is 13.2. The van der Waals surface area contributed by atoms with E-state index in [2.05, 4.69) is 26.1 Å². The summed E-state index contributed by atoms with van der Waals surface area (Å²) in [6.07, 6.45) is 1.04. The van der Waals surface area contributed by atoms with Crippen LogP contribution in [0.15, 0.2) is 48.5 Å². The number of nitrogens with zero attached hydrogens (tertiary/aromatic N) is 1. The van der Waals surface area contributed by atoms with Crippen LogP contribution in [0.5, 0.6) is 5.75 Å². The van der Waals surface area contributed by atoms with Gasteiger partial charge in [0.05, 0.1) is 6.04 Å². The van der Waals surface area contributed by atoms with E-state index in [0.717, 1.165) is 16.7 Å².